The fraction of sp³-hybridized carbons (Fsp3) is 0.0952. The van der Waals surface area contributed by atoms with Gasteiger partial charge in [-0.25, -0.2) is 8.78 Å². The van der Waals surface area contributed by atoms with Gasteiger partial charge in [0.25, 0.3) is 6.43 Å². The maximum atomic E-state index is 13.2. The number of benzene rings is 2. The van der Waals surface area contributed by atoms with E-state index in [1.54, 1.807) is 12.1 Å². The molecule has 0 atom stereocenters. The largest absolute Gasteiger partial charge is 0.299 e. The van der Waals surface area contributed by atoms with Gasteiger partial charge in [-0.1, -0.05) is 48.0 Å². The van der Waals surface area contributed by atoms with Crippen LogP contribution < -0.4 is 0 Å². The molecule has 0 saturated heterocycles. The molecule has 3 heterocycles. The number of halogens is 2. The Bertz CT molecular complexity index is 1350. The van der Waals surface area contributed by atoms with Crippen molar-refractivity contribution < 1.29 is 8.78 Å². The lowest BCUT2D eigenvalue weighted by Crippen LogP contribution is -2.02. The van der Waals surface area contributed by atoms with Gasteiger partial charge in [0.05, 0.1) is 0 Å². The highest BCUT2D eigenvalue weighted by Gasteiger charge is 2.20. The third-order valence-corrected chi connectivity index (χ3v) is 5.48. The summed E-state index contributed by atoms with van der Waals surface area (Å²) in [5, 5.41) is 21.3. The Labute approximate surface area is 179 Å². The first kappa shape index (κ1) is 19.3. The van der Waals surface area contributed by atoms with E-state index in [4.69, 9.17) is 0 Å². The van der Waals surface area contributed by atoms with Gasteiger partial charge in [0.2, 0.25) is 11.0 Å². The van der Waals surface area contributed by atoms with Crippen LogP contribution in [0.2, 0.25) is 0 Å². The first-order chi connectivity index (χ1) is 15.1. The molecule has 0 bridgehead atoms. The fourth-order valence-corrected chi connectivity index (χ4v) is 3.92. The number of nitrogens with zero attached hydrogens (tertiary/aromatic N) is 7. The summed E-state index contributed by atoms with van der Waals surface area (Å²) in [6.07, 6.45) is -2.77. The minimum Gasteiger partial charge on any atom is -0.270 e. The topological polar surface area (TPSA) is 73.8 Å². The monoisotopic (exact) mass is 435 g/mol. The number of aromatic nitrogens is 7. The molecule has 0 unspecified atom stereocenters. The first-order valence-corrected chi connectivity index (χ1v) is 10.2. The van der Waals surface area contributed by atoms with Crippen molar-refractivity contribution in [1.29, 1.82) is 0 Å². The van der Waals surface area contributed by atoms with E-state index in [0.29, 0.717) is 16.0 Å². The summed E-state index contributed by atoms with van der Waals surface area (Å²) >= 11 is 1.22. The molecule has 0 fully saturated rings. The van der Waals surface area contributed by atoms with Crippen molar-refractivity contribution >= 4 is 17.4 Å². The molecule has 0 saturated carbocycles. The molecule has 10 heteroatoms. The molecular weight excluding hydrogens is 420 g/mol. The van der Waals surface area contributed by atoms with E-state index < -0.39 is 12.2 Å². The molecule has 0 aliphatic heterocycles. The number of alkyl halides is 2. The van der Waals surface area contributed by atoms with Gasteiger partial charge in [-0.15, -0.1) is 20.4 Å². The molecule has 3 aromatic heterocycles. The van der Waals surface area contributed by atoms with Crippen molar-refractivity contribution in [3.8, 4) is 17.1 Å². The predicted molar refractivity (Wildman–Crippen MR) is 111 cm³/mol. The number of fused-ring (bicyclic) bond motifs is 1. The Kier molecular flexibility index (Phi) is 4.91. The second-order valence-electron chi connectivity index (χ2n) is 6.75. The highest BCUT2D eigenvalue weighted by molar-refractivity contribution is 7.99. The van der Waals surface area contributed by atoms with Gasteiger partial charge in [0.15, 0.2) is 11.5 Å². The van der Waals surface area contributed by atoms with Crippen molar-refractivity contribution in [1.82, 2.24) is 34.6 Å². The maximum Gasteiger partial charge on any atom is 0.299 e. The highest BCUT2D eigenvalue weighted by atomic mass is 32.2. The van der Waals surface area contributed by atoms with E-state index in [0.717, 1.165) is 21.3 Å². The van der Waals surface area contributed by atoms with Gasteiger partial charge in [0, 0.05) is 11.3 Å². The van der Waals surface area contributed by atoms with Crippen LogP contribution in [0.4, 0.5) is 8.78 Å². The summed E-state index contributed by atoms with van der Waals surface area (Å²) in [5.41, 5.74) is 3.18. The van der Waals surface area contributed by atoms with Gasteiger partial charge in [-0.05, 0) is 43.0 Å². The molecule has 5 rings (SSSR count). The Morgan fingerprint density at radius 3 is 2.35 bits per heavy atom. The Hall–Kier alpha value is -3.66. The van der Waals surface area contributed by atoms with Crippen LogP contribution in [0.1, 0.15) is 17.8 Å². The number of rotatable bonds is 5. The number of hydrogen-bond donors (Lipinski definition) is 0. The molecule has 31 heavy (non-hydrogen) atoms. The van der Waals surface area contributed by atoms with Crippen molar-refractivity contribution in [2.75, 3.05) is 0 Å². The molecule has 7 nitrogen and oxygen atoms in total. The highest BCUT2D eigenvalue weighted by Crippen LogP contribution is 2.32. The van der Waals surface area contributed by atoms with Crippen LogP contribution in [0, 0.1) is 6.92 Å². The standard InChI is InChI=1S/C21H15F2N7S/c1-13-7-9-15(10-8-13)29-19(14-5-3-2-4-6-14)25-27-21(29)31-17-12-11-16-24-26-20(18(22)23)30(16)28-17/h2-12,18H,1H3. The van der Waals surface area contributed by atoms with Crippen molar-refractivity contribution in [3.05, 3.63) is 78.1 Å². The van der Waals surface area contributed by atoms with E-state index in [9.17, 15) is 8.78 Å². The lowest BCUT2D eigenvalue weighted by molar-refractivity contribution is 0.137. The van der Waals surface area contributed by atoms with Gasteiger partial charge >= 0.3 is 0 Å². The average molecular weight is 435 g/mol. The Morgan fingerprint density at radius 2 is 1.61 bits per heavy atom. The van der Waals surface area contributed by atoms with Crippen LogP contribution in [0.25, 0.3) is 22.7 Å². The van der Waals surface area contributed by atoms with Crippen molar-refractivity contribution in [2.45, 2.75) is 23.5 Å². The van der Waals surface area contributed by atoms with Gasteiger partial charge < -0.3 is 0 Å². The van der Waals surface area contributed by atoms with E-state index in [2.05, 4.69) is 25.5 Å². The predicted octanol–water partition coefficient (Wildman–Crippen LogP) is 4.77. The van der Waals surface area contributed by atoms with Crippen molar-refractivity contribution in [2.24, 2.45) is 0 Å². The first-order valence-electron chi connectivity index (χ1n) is 9.36. The lowest BCUT2D eigenvalue weighted by Gasteiger charge is -2.10. The molecule has 0 amide bonds. The van der Waals surface area contributed by atoms with E-state index in [1.807, 2.05) is 66.1 Å². The van der Waals surface area contributed by atoms with Crippen molar-refractivity contribution in [3.63, 3.8) is 0 Å². The molecule has 0 spiro atoms. The SMILES string of the molecule is Cc1ccc(-n2c(Sc3ccc4nnc(C(F)F)n4n3)nnc2-c2ccccc2)cc1. The summed E-state index contributed by atoms with van der Waals surface area (Å²) in [6.45, 7) is 2.02. The molecule has 0 aliphatic rings. The van der Waals surface area contributed by atoms with Crippen LogP contribution in [0.3, 0.4) is 0 Å². The summed E-state index contributed by atoms with van der Waals surface area (Å²) < 4.78 is 29.4. The summed E-state index contributed by atoms with van der Waals surface area (Å²) in [4.78, 5) is 0. The summed E-state index contributed by atoms with van der Waals surface area (Å²) in [7, 11) is 0. The maximum absolute atomic E-state index is 13.2. The molecule has 5 aromatic rings. The third-order valence-electron chi connectivity index (χ3n) is 4.61. The van der Waals surface area contributed by atoms with Crippen LogP contribution in [0.15, 0.2) is 76.9 Å². The molecule has 0 radical (unpaired) electrons. The van der Waals surface area contributed by atoms with E-state index in [1.165, 1.54) is 11.8 Å². The van der Waals surface area contributed by atoms with Gasteiger partial charge in [0.1, 0.15) is 5.03 Å². The Morgan fingerprint density at radius 1 is 0.839 bits per heavy atom. The molecular formula is C21H15F2N7S. The molecule has 2 aromatic carbocycles. The van der Waals surface area contributed by atoms with E-state index in [-0.39, 0.29) is 5.65 Å². The number of hydrogen-bond acceptors (Lipinski definition) is 6. The fourth-order valence-electron chi connectivity index (χ4n) is 3.11. The second-order valence-corrected chi connectivity index (χ2v) is 7.73. The minimum atomic E-state index is -2.77. The average Bonchev–Trinajstić information content (AvgIpc) is 3.39. The second kappa shape index (κ2) is 7.88. The normalized spacial score (nSPS) is 11.5. The minimum absolute atomic E-state index is 0.254. The summed E-state index contributed by atoms with van der Waals surface area (Å²) in [6, 6.07) is 21.0. The zero-order valence-corrected chi connectivity index (χ0v) is 17.0. The van der Waals surface area contributed by atoms with Gasteiger partial charge in [-0.2, -0.15) is 9.61 Å². The molecule has 154 valence electrons. The van der Waals surface area contributed by atoms with Gasteiger partial charge in [-0.3, -0.25) is 4.57 Å². The molecule has 0 N–H and O–H groups in total. The smallest absolute Gasteiger partial charge is 0.270 e. The third kappa shape index (κ3) is 3.66. The van der Waals surface area contributed by atoms with Crippen LogP contribution >= 0.6 is 11.8 Å². The number of aryl methyl sites for hydroxylation is 1. The van der Waals surface area contributed by atoms with Crippen LogP contribution in [-0.4, -0.2) is 34.6 Å². The summed E-state index contributed by atoms with van der Waals surface area (Å²) in [5.74, 6) is 0.174. The lowest BCUT2D eigenvalue weighted by atomic mass is 10.2. The molecule has 0 aliphatic carbocycles. The quantitative estimate of drug-likeness (QED) is 0.396. The van der Waals surface area contributed by atoms with Crippen LogP contribution in [-0.2, 0) is 0 Å². The zero-order valence-electron chi connectivity index (χ0n) is 16.2. The Balaban J connectivity index is 1.61. The van der Waals surface area contributed by atoms with E-state index >= 15 is 0 Å². The van der Waals surface area contributed by atoms with Crippen LogP contribution in [0.5, 0.6) is 0 Å². The zero-order chi connectivity index (χ0) is 21.4.